The standard InChI is InChI=1S/C16H6F25I/c17-5(18,8(23,24)11(29,30)12(31,32)10(27,28)7(21,22)3-4-42)1-2-6(19,20)9(25,26)13(33,34)14(35,36)15(37,38)16(39,40)41/h1-2H,3-4H2. The van der Waals surface area contributed by atoms with Gasteiger partial charge in [-0.25, -0.2) is 0 Å². The van der Waals surface area contributed by atoms with E-state index in [4.69, 9.17) is 0 Å². The predicted octanol–water partition coefficient (Wildman–Crippen LogP) is 9.92. The van der Waals surface area contributed by atoms with E-state index in [0.717, 1.165) is 22.6 Å². The summed E-state index contributed by atoms with van der Waals surface area (Å²) < 4.78 is 329. The fraction of sp³-hybridized carbons (Fsp3) is 0.875. The molecule has 0 aliphatic carbocycles. The Bertz CT molecular complexity index is 985. The second kappa shape index (κ2) is 10.7. The molecule has 0 aliphatic heterocycles. The topological polar surface area (TPSA) is 0 Å². The number of hydrogen-bond donors (Lipinski definition) is 0. The Morgan fingerprint density at radius 2 is 0.571 bits per heavy atom. The molecule has 0 rings (SSSR count). The summed E-state index contributed by atoms with van der Waals surface area (Å²) in [5.74, 6) is -88.9. The smallest absolute Gasteiger partial charge is 0.200 e. The molecule has 0 atom stereocenters. The first kappa shape index (κ1) is 40.7. The van der Waals surface area contributed by atoms with Gasteiger partial charge in [-0.15, -0.1) is 0 Å². The Balaban J connectivity index is 6.91. The Hall–Kier alpha value is -1.28. The van der Waals surface area contributed by atoms with Gasteiger partial charge in [-0.3, -0.25) is 0 Å². The highest BCUT2D eigenvalue weighted by atomic mass is 127. The van der Waals surface area contributed by atoms with Crippen molar-refractivity contribution in [3.8, 4) is 0 Å². The van der Waals surface area contributed by atoms with Crippen LogP contribution in [0.15, 0.2) is 12.2 Å². The van der Waals surface area contributed by atoms with Gasteiger partial charge in [-0.2, -0.15) is 110 Å². The van der Waals surface area contributed by atoms with E-state index in [2.05, 4.69) is 0 Å². The molecular weight excluding hydrogens is 794 g/mol. The molecule has 0 N–H and O–H groups in total. The molecule has 0 aromatic heterocycles. The zero-order valence-electron chi connectivity index (χ0n) is 18.4. The number of alkyl halides is 26. The summed E-state index contributed by atoms with van der Waals surface area (Å²) in [5.41, 5.74) is 0. The Labute approximate surface area is 227 Å². The SMILES string of the molecule is FC(F)(F)C(F)(F)C(F)(F)C(F)(F)C(F)(F)C(F)(F)C=CC(F)(F)C(F)(F)C(F)(F)C(F)(F)C(F)(F)C(F)(F)CCI. The van der Waals surface area contributed by atoms with Crippen LogP contribution >= 0.6 is 22.6 Å². The van der Waals surface area contributed by atoms with Gasteiger partial charge in [-0.05, 0) is 12.2 Å². The number of allylic oxidation sites excluding steroid dienone is 2. The molecule has 252 valence electrons. The van der Waals surface area contributed by atoms with Crippen molar-refractivity contribution in [3.63, 3.8) is 0 Å². The van der Waals surface area contributed by atoms with Crippen LogP contribution in [0, 0.1) is 0 Å². The molecule has 0 bridgehead atoms. The van der Waals surface area contributed by atoms with E-state index >= 15 is 0 Å². The number of hydrogen-bond acceptors (Lipinski definition) is 0. The Morgan fingerprint density at radius 3 is 0.810 bits per heavy atom. The first-order valence-electron chi connectivity index (χ1n) is 9.26. The molecule has 0 aromatic rings. The van der Waals surface area contributed by atoms with Crippen molar-refractivity contribution in [1.82, 2.24) is 0 Å². The van der Waals surface area contributed by atoms with E-state index in [1.54, 1.807) is 0 Å². The minimum atomic E-state index is -8.70. The van der Waals surface area contributed by atoms with E-state index in [1.165, 1.54) is 0 Å². The van der Waals surface area contributed by atoms with Crippen LogP contribution in [0.25, 0.3) is 0 Å². The highest BCUT2D eigenvalue weighted by molar-refractivity contribution is 14.1. The predicted molar refractivity (Wildman–Crippen MR) is 93.1 cm³/mol. The summed E-state index contributed by atoms with van der Waals surface area (Å²) in [6.45, 7) is 0. The fourth-order valence-electron chi connectivity index (χ4n) is 2.31. The monoisotopic (exact) mass is 800 g/mol. The van der Waals surface area contributed by atoms with Gasteiger partial charge in [0.2, 0.25) is 0 Å². The van der Waals surface area contributed by atoms with E-state index in [-0.39, 0.29) is 0 Å². The summed E-state index contributed by atoms with van der Waals surface area (Å²) in [5, 5.41) is 0. The average Bonchev–Trinajstić information content (AvgIpc) is 2.75. The molecule has 26 heteroatoms. The quantitative estimate of drug-likeness (QED) is 0.0754. The van der Waals surface area contributed by atoms with Crippen LogP contribution in [-0.2, 0) is 0 Å². The molecule has 0 unspecified atom stereocenters. The van der Waals surface area contributed by atoms with E-state index in [9.17, 15) is 110 Å². The third-order valence-electron chi connectivity index (χ3n) is 4.93. The van der Waals surface area contributed by atoms with Crippen LogP contribution in [0.4, 0.5) is 110 Å². The third kappa shape index (κ3) is 5.54. The lowest BCUT2D eigenvalue weighted by molar-refractivity contribution is -0.436. The summed E-state index contributed by atoms with van der Waals surface area (Å²) in [7, 11) is 0. The van der Waals surface area contributed by atoms with Gasteiger partial charge in [-0.1, -0.05) is 22.6 Å². The summed E-state index contributed by atoms with van der Waals surface area (Å²) in [6, 6.07) is 0. The van der Waals surface area contributed by atoms with Gasteiger partial charge in [0.15, 0.2) is 0 Å². The number of halogens is 26. The maximum absolute atomic E-state index is 13.6. The molecule has 0 heterocycles. The highest BCUT2D eigenvalue weighted by Crippen LogP contribution is 2.62. The van der Waals surface area contributed by atoms with Crippen LogP contribution in [0.3, 0.4) is 0 Å². The lowest BCUT2D eigenvalue weighted by atomic mass is 9.89. The Kier molecular flexibility index (Phi) is 10.3. The zero-order valence-corrected chi connectivity index (χ0v) is 20.6. The molecule has 0 saturated carbocycles. The third-order valence-corrected chi connectivity index (χ3v) is 5.47. The molecule has 0 saturated heterocycles. The van der Waals surface area contributed by atoms with Gasteiger partial charge in [0.05, 0.1) is 0 Å². The van der Waals surface area contributed by atoms with Gasteiger partial charge in [0.25, 0.3) is 0 Å². The van der Waals surface area contributed by atoms with Crippen molar-refractivity contribution >= 4 is 22.6 Å². The van der Waals surface area contributed by atoms with Gasteiger partial charge in [0, 0.05) is 10.8 Å². The highest BCUT2D eigenvalue weighted by Gasteiger charge is 2.92. The van der Waals surface area contributed by atoms with Crippen molar-refractivity contribution in [2.24, 2.45) is 0 Å². The van der Waals surface area contributed by atoms with Crippen molar-refractivity contribution in [2.45, 2.75) is 77.7 Å². The first-order valence-corrected chi connectivity index (χ1v) is 10.8. The minimum Gasteiger partial charge on any atom is -0.200 e. The molecule has 0 nitrogen and oxygen atoms in total. The van der Waals surface area contributed by atoms with E-state index < -0.39 is 94.3 Å². The second-order valence-corrected chi connectivity index (χ2v) is 8.89. The average molecular weight is 800 g/mol. The van der Waals surface area contributed by atoms with E-state index in [1.807, 2.05) is 0 Å². The minimum absolute atomic E-state index is 0.721. The number of rotatable bonds is 13. The summed E-state index contributed by atoms with van der Waals surface area (Å²) in [4.78, 5) is 0. The van der Waals surface area contributed by atoms with Crippen LogP contribution in [-0.4, -0.2) is 75.8 Å². The molecule has 0 aromatic carbocycles. The molecule has 42 heavy (non-hydrogen) atoms. The molecule has 0 spiro atoms. The largest absolute Gasteiger partial charge is 0.460 e. The summed E-state index contributed by atoms with van der Waals surface area (Å²) in [6.07, 6.45) is -16.4. The van der Waals surface area contributed by atoms with Crippen molar-refractivity contribution in [1.29, 1.82) is 0 Å². The van der Waals surface area contributed by atoms with Gasteiger partial charge >= 0.3 is 71.3 Å². The first-order chi connectivity index (χ1) is 17.8. The van der Waals surface area contributed by atoms with Crippen molar-refractivity contribution in [2.75, 3.05) is 4.43 Å². The van der Waals surface area contributed by atoms with Crippen molar-refractivity contribution < 1.29 is 110 Å². The normalized spacial score (nSPS) is 16.9. The van der Waals surface area contributed by atoms with Gasteiger partial charge in [0.1, 0.15) is 0 Å². The fourth-order valence-corrected chi connectivity index (χ4v) is 2.99. The second-order valence-electron chi connectivity index (χ2n) is 7.82. The Morgan fingerprint density at radius 1 is 0.333 bits per heavy atom. The van der Waals surface area contributed by atoms with Crippen LogP contribution in [0.5, 0.6) is 0 Å². The lowest BCUT2D eigenvalue weighted by Gasteiger charge is -2.41. The van der Waals surface area contributed by atoms with Crippen LogP contribution < -0.4 is 0 Å². The van der Waals surface area contributed by atoms with Crippen LogP contribution in [0.2, 0.25) is 0 Å². The lowest BCUT2D eigenvalue weighted by Crippen LogP contribution is -2.70. The molecule has 0 amide bonds. The molecule has 0 radical (unpaired) electrons. The molecular formula is C16H6F25I. The van der Waals surface area contributed by atoms with Gasteiger partial charge < -0.3 is 0 Å². The molecule has 0 fully saturated rings. The van der Waals surface area contributed by atoms with Crippen LogP contribution in [0.1, 0.15) is 6.42 Å². The maximum Gasteiger partial charge on any atom is 0.460 e. The zero-order chi connectivity index (χ0) is 34.8. The van der Waals surface area contributed by atoms with E-state index in [0.29, 0.717) is 0 Å². The maximum atomic E-state index is 13.6. The van der Waals surface area contributed by atoms with Crippen molar-refractivity contribution in [3.05, 3.63) is 12.2 Å². The summed E-state index contributed by atoms with van der Waals surface area (Å²) >= 11 is 0.721. The molecule has 0 aliphatic rings.